The van der Waals surface area contributed by atoms with Crippen LogP contribution in [0.2, 0.25) is 0 Å². The second kappa shape index (κ2) is 5.51. The molecule has 8 heteroatoms. The predicted molar refractivity (Wildman–Crippen MR) is 79.9 cm³/mol. The topological polar surface area (TPSA) is 98.0 Å². The maximum absolute atomic E-state index is 12.2. The molecule has 0 aliphatic rings. The maximum Gasteiger partial charge on any atom is 0.263 e. The van der Waals surface area contributed by atoms with Crippen molar-refractivity contribution in [2.45, 2.75) is 11.8 Å². The quantitative estimate of drug-likeness (QED) is 0.824. The Labute approximate surface area is 122 Å². The largest absolute Gasteiger partial charge is 0.388 e. The molecule has 2 aromatic heterocycles. The Morgan fingerprint density at radius 3 is 2.60 bits per heavy atom. The summed E-state index contributed by atoms with van der Waals surface area (Å²) in [5.41, 5.74) is 6.98. The van der Waals surface area contributed by atoms with Crippen LogP contribution in [0.1, 0.15) is 11.3 Å². The molecule has 6 nitrogen and oxygen atoms in total. The fourth-order valence-electron chi connectivity index (χ4n) is 1.48. The van der Waals surface area contributed by atoms with Gasteiger partial charge in [0.15, 0.2) is 0 Å². The first kappa shape index (κ1) is 14.4. The number of nitrogens with two attached hydrogens (primary N) is 1. The van der Waals surface area contributed by atoms with Gasteiger partial charge in [0.25, 0.3) is 10.0 Å². The number of hydrogen-bond donors (Lipinski definition) is 2. The van der Waals surface area contributed by atoms with Gasteiger partial charge in [-0.1, -0.05) is 12.2 Å². The summed E-state index contributed by atoms with van der Waals surface area (Å²) in [6.07, 6.45) is 4.30. The highest BCUT2D eigenvalue weighted by molar-refractivity contribution is 7.92. The molecule has 0 unspecified atom stereocenters. The second-order valence-corrected chi connectivity index (χ2v) is 6.16. The third-order valence-corrected chi connectivity index (χ3v) is 4.12. The number of nitrogens with one attached hydrogen (secondary N) is 1. The molecule has 3 N–H and O–H groups in total. The van der Waals surface area contributed by atoms with Gasteiger partial charge in [0, 0.05) is 18.6 Å². The molecule has 0 amide bonds. The van der Waals surface area contributed by atoms with E-state index in [0.717, 1.165) is 5.56 Å². The Balaban J connectivity index is 2.31. The summed E-state index contributed by atoms with van der Waals surface area (Å²) in [5, 5.41) is 0. The number of pyridine rings is 2. The lowest BCUT2D eigenvalue weighted by Crippen LogP contribution is -2.16. The van der Waals surface area contributed by atoms with Crippen molar-refractivity contribution in [2.24, 2.45) is 5.73 Å². The lowest BCUT2D eigenvalue weighted by molar-refractivity contribution is 0.600. The zero-order chi connectivity index (χ0) is 14.8. The van der Waals surface area contributed by atoms with E-state index in [-0.39, 0.29) is 9.88 Å². The van der Waals surface area contributed by atoms with Gasteiger partial charge in [-0.25, -0.2) is 8.42 Å². The van der Waals surface area contributed by atoms with Crippen LogP contribution < -0.4 is 10.5 Å². The van der Waals surface area contributed by atoms with Crippen LogP contribution in [0.4, 0.5) is 5.69 Å². The van der Waals surface area contributed by atoms with E-state index in [9.17, 15) is 8.42 Å². The second-order valence-electron chi connectivity index (χ2n) is 4.04. The summed E-state index contributed by atoms with van der Waals surface area (Å²) in [6, 6.07) is 4.46. The minimum absolute atomic E-state index is 0.0358. The SMILES string of the molecule is Cc1cnccc1NS(=O)(=O)c1ccc(C(N)=S)nc1. The summed E-state index contributed by atoms with van der Waals surface area (Å²) in [6.45, 7) is 1.76. The zero-order valence-electron chi connectivity index (χ0n) is 10.6. The van der Waals surface area contributed by atoms with Crippen molar-refractivity contribution in [1.82, 2.24) is 9.97 Å². The van der Waals surface area contributed by atoms with Gasteiger partial charge in [-0.15, -0.1) is 0 Å². The van der Waals surface area contributed by atoms with E-state index in [1.165, 1.54) is 24.5 Å². The molecule has 2 heterocycles. The van der Waals surface area contributed by atoms with E-state index in [1.807, 2.05) is 0 Å². The number of nitrogens with zero attached hydrogens (tertiary/aromatic N) is 2. The van der Waals surface area contributed by atoms with Crippen LogP contribution >= 0.6 is 12.2 Å². The van der Waals surface area contributed by atoms with Crippen LogP contribution in [-0.4, -0.2) is 23.4 Å². The number of sulfonamides is 1. The van der Waals surface area contributed by atoms with Crippen molar-refractivity contribution in [3.8, 4) is 0 Å². The van der Waals surface area contributed by atoms with Gasteiger partial charge < -0.3 is 5.73 Å². The molecule has 0 fully saturated rings. The summed E-state index contributed by atoms with van der Waals surface area (Å²) in [4.78, 5) is 7.97. The Bertz CT molecular complexity index is 742. The maximum atomic E-state index is 12.2. The normalized spacial score (nSPS) is 11.1. The van der Waals surface area contributed by atoms with Gasteiger partial charge in [-0.3, -0.25) is 14.7 Å². The number of aryl methyl sites for hydroxylation is 1. The lowest BCUT2D eigenvalue weighted by atomic mass is 10.3. The molecule has 0 bridgehead atoms. The number of thiocarbonyl (C=S) groups is 1. The summed E-state index contributed by atoms with van der Waals surface area (Å²) >= 11 is 4.76. The molecule has 2 aromatic rings. The smallest absolute Gasteiger partial charge is 0.263 e. The van der Waals surface area contributed by atoms with E-state index in [1.54, 1.807) is 19.2 Å². The van der Waals surface area contributed by atoms with E-state index >= 15 is 0 Å². The zero-order valence-corrected chi connectivity index (χ0v) is 12.2. The van der Waals surface area contributed by atoms with Crippen LogP contribution in [0.15, 0.2) is 41.7 Å². The average Bonchev–Trinajstić information content (AvgIpc) is 2.41. The molecule has 0 spiro atoms. The Morgan fingerprint density at radius 2 is 2.05 bits per heavy atom. The Hall–Kier alpha value is -2.06. The van der Waals surface area contributed by atoms with E-state index in [4.69, 9.17) is 18.0 Å². The monoisotopic (exact) mass is 308 g/mol. The van der Waals surface area contributed by atoms with E-state index < -0.39 is 10.0 Å². The molecule has 0 atom stereocenters. The molecule has 104 valence electrons. The van der Waals surface area contributed by atoms with E-state index in [2.05, 4.69) is 14.7 Å². The summed E-state index contributed by atoms with van der Waals surface area (Å²) in [5.74, 6) is 0. The van der Waals surface area contributed by atoms with Crippen molar-refractivity contribution in [3.63, 3.8) is 0 Å². The first-order valence-corrected chi connectivity index (χ1v) is 7.48. The minimum Gasteiger partial charge on any atom is -0.388 e. The Kier molecular flexibility index (Phi) is 3.96. The van der Waals surface area contributed by atoms with Gasteiger partial charge in [0.1, 0.15) is 9.88 Å². The summed E-state index contributed by atoms with van der Waals surface area (Å²) < 4.78 is 26.9. The molecule has 0 saturated carbocycles. The van der Waals surface area contributed by atoms with Crippen molar-refractivity contribution in [2.75, 3.05) is 4.72 Å². The number of anilines is 1. The van der Waals surface area contributed by atoms with E-state index in [0.29, 0.717) is 11.4 Å². The lowest BCUT2D eigenvalue weighted by Gasteiger charge is -2.10. The molecule has 2 rings (SSSR count). The highest BCUT2D eigenvalue weighted by Gasteiger charge is 2.16. The van der Waals surface area contributed by atoms with Crippen molar-refractivity contribution in [1.29, 1.82) is 0 Å². The van der Waals surface area contributed by atoms with Crippen molar-refractivity contribution < 1.29 is 8.42 Å². The fourth-order valence-corrected chi connectivity index (χ4v) is 2.67. The van der Waals surface area contributed by atoms with Gasteiger partial charge in [0.2, 0.25) is 0 Å². The minimum atomic E-state index is -3.70. The molecule has 0 aromatic carbocycles. The number of rotatable bonds is 4. The highest BCUT2D eigenvalue weighted by atomic mass is 32.2. The van der Waals surface area contributed by atoms with Gasteiger partial charge in [-0.05, 0) is 30.7 Å². The van der Waals surface area contributed by atoms with Crippen LogP contribution in [-0.2, 0) is 10.0 Å². The van der Waals surface area contributed by atoms with Crippen molar-refractivity contribution >= 4 is 32.9 Å². The third kappa shape index (κ3) is 3.09. The number of hydrogen-bond acceptors (Lipinski definition) is 5. The van der Waals surface area contributed by atoms with Crippen molar-refractivity contribution in [3.05, 3.63) is 48.0 Å². The Morgan fingerprint density at radius 1 is 1.30 bits per heavy atom. The van der Waals surface area contributed by atoms with Crippen LogP contribution in [0, 0.1) is 6.92 Å². The third-order valence-electron chi connectivity index (χ3n) is 2.56. The highest BCUT2D eigenvalue weighted by Crippen LogP contribution is 2.18. The summed E-state index contributed by atoms with van der Waals surface area (Å²) in [7, 11) is -3.70. The molecule has 0 aliphatic carbocycles. The fraction of sp³-hybridized carbons (Fsp3) is 0.0833. The van der Waals surface area contributed by atoms with Gasteiger partial charge in [-0.2, -0.15) is 0 Å². The molecule has 0 aliphatic heterocycles. The van der Waals surface area contributed by atoms with Crippen LogP contribution in [0.5, 0.6) is 0 Å². The predicted octanol–water partition coefficient (Wildman–Crippen LogP) is 1.22. The molecular formula is C12H12N4O2S2. The standard InChI is InChI=1S/C12H12N4O2S2/c1-8-6-14-5-4-10(8)16-20(17,18)9-2-3-11(12(13)19)15-7-9/h2-7H,1H3,(H2,13,19)(H,14,16). The number of aromatic nitrogens is 2. The molecule has 20 heavy (non-hydrogen) atoms. The van der Waals surface area contributed by atoms with Gasteiger partial charge >= 0.3 is 0 Å². The molecule has 0 saturated heterocycles. The first-order valence-electron chi connectivity index (χ1n) is 5.59. The van der Waals surface area contributed by atoms with Crippen LogP contribution in [0.25, 0.3) is 0 Å². The van der Waals surface area contributed by atoms with Crippen LogP contribution in [0.3, 0.4) is 0 Å². The molecule has 0 radical (unpaired) electrons. The first-order chi connectivity index (χ1) is 9.40. The average molecular weight is 308 g/mol. The van der Waals surface area contributed by atoms with Gasteiger partial charge in [0.05, 0.1) is 11.4 Å². The molecular weight excluding hydrogens is 296 g/mol.